The number of benzene rings is 1. The molecule has 0 bridgehead atoms. The lowest BCUT2D eigenvalue weighted by atomic mass is 10.0. The Kier molecular flexibility index (Phi) is 4.32. The van der Waals surface area contributed by atoms with Gasteiger partial charge >= 0.3 is 6.09 Å². The fourth-order valence-corrected chi connectivity index (χ4v) is 3.48. The van der Waals surface area contributed by atoms with Gasteiger partial charge in [-0.3, -0.25) is 9.88 Å². The third kappa shape index (κ3) is 3.34. The summed E-state index contributed by atoms with van der Waals surface area (Å²) in [6, 6.07) is 8.12. The van der Waals surface area contributed by atoms with Crippen LogP contribution in [-0.4, -0.2) is 28.1 Å². The molecule has 1 aliphatic heterocycles. The fourth-order valence-electron chi connectivity index (χ4n) is 3.04. The number of fused-ring (bicyclic) bond motifs is 1. The highest BCUT2D eigenvalue weighted by atomic mass is 79.9. The summed E-state index contributed by atoms with van der Waals surface area (Å²) in [5.41, 5.74) is 0.464. The van der Waals surface area contributed by atoms with Gasteiger partial charge in [-0.05, 0) is 54.9 Å². The number of rotatable bonds is 1. The summed E-state index contributed by atoms with van der Waals surface area (Å²) in [5.74, 6) is 0. The summed E-state index contributed by atoms with van der Waals surface area (Å²) in [6.07, 6.45) is 3.45. The topological polar surface area (TPSA) is 42.4 Å². The molecule has 1 amide bonds. The molecular formula is C18H21BrN2O2. The van der Waals surface area contributed by atoms with Crippen LogP contribution in [0.1, 0.15) is 45.3 Å². The van der Waals surface area contributed by atoms with E-state index in [9.17, 15) is 4.79 Å². The average Bonchev–Trinajstić information content (AvgIpc) is 2.95. The number of aromatic nitrogens is 1. The van der Waals surface area contributed by atoms with Crippen molar-refractivity contribution in [2.45, 2.75) is 45.3 Å². The molecule has 0 aliphatic carbocycles. The number of pyridine rings is 1. The molecule has 122 valence electrons. The third-order valence-corrected chi connectivity index (χ3v) is 4.61. The quantitative estimate of drug-likeness (QED) is 0.697. The van der Waals surface area contributed by atoms with E-state index in [-0.39, 0.29) is 12.1 Å². The van der Waals surface area contributed by atoms with Crippen molar-refractivity contribution < 1.29 is 9.53 Å². The normalized spacial score (nSPS) is 18.4. The zero-order chi connectivity index (χ0) is 16.6. The molecule has 1 atom stereocenters. The maximum atomic E-state index is 12.5. The summed E-state index contributed by atoms with van der Waals surface area (Å²) in [6.45, 7) is 6.39. The van der Waals surface area contributed by atoms with Crippen molar-refractivity contribution in [3.05, 3.63) is 40.6 Å². The van der Waals surface area contributed by atoms with Crippen LogP contribution in [0.3, 0.4) is 0 Å². The Morgan fingerprint density at radius 3 is 2.70 bits per heavy atom. The molecule has 2 heterocycles. The lowest BCUT2D eigenvalue weighted by Crippen LogP contribution is -2.36. The van der Waals surface area contributed by atoms with E-state index in [0.717, 1.165) is 33.8 Å². The molecule has 4 nitrogen and oxygen atoms in total. The number of likely N-dealkylation sites (tertiary alicyclic amines) is 1. The van der Waals surface area contributed by atoms with Crippen LogP contribution >= 0.6 is 15.9 Å². The molecule has 1 unspecified atom stereocenters. The Morgan fingerprint density at radius 2 is 2.00 bits per heavy atom. The predicted octanol–water partition coefficient (Wildman–Crippen LogP) is 5.07. The summed E-state index contributed by atoms with van der Waals surface area (Å²) in [7, 11) is 0. The number of amides is 1. The second-order valence-electron chi connectivity index (χ2n) is 6.87. The molecule has 5 heteroatoms. The zero-order valence-electron chi connectivity index (χ0n) is 13.7. The maximum absolute atomic E-state index is 12.5. The number of carbonyl (C=O) groups excluding carboxylic acids is 1. The van der Waals surface area contributed by atoms with E-state index in [1.807, 2.05) is 44.0 Å². The number of hydrogen-bond acceptors (Lipinski definition) is 3. The molecule has 3 rings (SSSR count). The molecule has 0 saturated carbocycles. The van der Waals surface area contributed by atoms with E-state index in [1.54, 1.807) is 0 Å². The first-order chi connectivity index (χ1) is 10.9. The highest BCUT2D eigenvalue weighted by Crippen LogP contribution is 2.37. The van der Waals surface area contributed by atoms with Gasteiger partial charge in [0.15, 0.2) is 0 Å². The van der Waals surface area contributed by atoms with Gasteiger partial charge in [-0.15, -0.1) is 0 Å². The Balaban J connectivity index is 1.98. The van der Waals surface area contributed by atoms with Crippen LogP contribution < -0.4 is 0 Å². The van der Waals surface area contributed by atoms with E-state index in [0.29, 0.717) is 6.54 Å². The molecule has 1 saturated heterocycles. The van der Waals surface area contributed by atoms with Crippen molar-refractivity contribution in [3.63, 3.8) is 0 Å². The minimum atomic E-state index is -0.487. The summed E-state index contributed by atoms with van der Waals surface area (Å²) in [5, 5.41) is 2.20. The van der Waals surface area contributed by atoms with Crippen LogP contribution in [0.4, 0.5) is 4.79 Å². The molecule has 1 aromatic carbocycles. The number of halogens is 1. The van der Waals surface area contributed by atoms with Crippen molar-refractivity contribution in [3.8, 4) is 0 Å². The van der Waals surface area contributed by atoms with Gasteiger partial charge in [-0.1, -0.05) is 24.3 Å². The highest BCUT2D eigenvalue weighted by molar-refractivity contribution is 9.10. The Hall–Kier alpha value is -1.62. The number of ether oxygens (including phenoxy) is 1. The monoisotopic (exact) mass is 376 g/mol. The van der Waals surface area contributed by atoms with E-state index < -0.39 is 5.60 Å². The molecule has 0 radical (unpaired) electrons. The van der Waals surface area contributed by atoms with Gasteiger partial charge in [0.1, 0.15) is 5.60 Å². The smallest absolute Gasteiger partial charge is 0.410 e. The van der Waals surface area contributed by atoms with Crippen molar-refractivity contribution in [1.82, 2.24) is 9.88 Å². The minimum Gasteiger partial charge on any atom is -0.444 e. The largest absolute Gasteiger partial charge is 0.444 e. The van der Waals surface area contributed by atoms with Crippen LogP contribution in [0.15, 0.2) is 34.9 Å². The van der Waals surface area contributed by atoms with E-state index in [4.69, 9.17) is 4.74 Å². The second-order valence-corrected chi connectivity index (χ2v) is 7.72. The van der Waals surface area contributed by atoms with Gasteiger partial charge in [-0.2, -0.15) is 0 Å². The highest BCUT2D eigenvalue weighted by Gasteiger charge is 2.34. The second kappa shape index (κ2) is 6.11. The first kappa shape index (κ1) is 16.2. The van der Waals surface area contributed by atoms with E-state index in [2.05, 4.69) is 33.0 Å². The van der Waals surface area contributed by atoms with Crippen molar-refractivity contribution >= 4 is 32.8 Å². The molecule has 0 spiro atoms. The summed E-state index contributed by atoms with van der Waals surface area (Å²) < 4.78 is 6.53. The van der Waals surface area contributed by atoms with Gasteiger partial charge in [0.05, 0.1) is 11.7 Å². The van der Waals surface area contributed by atoms with Crippen LogP contribution in [0.25, 0.3) is 10.8 Å². The summed E-state index contributed by atoms with van der Waals surface area (Å²) in [4.78, 5) is 18.9. The Labute approximate surface area is 145 Å². The summed E-state index contributed by atoms with van der Waals surface area (Å²) >= 11 is 3.56. The molecule has 0 N–H and O–H groups in total. The minimum absolute atomic E-state index is 0.0251. The predicted molar refractivity (Wildman–Crippen MR) is 94.4 cm³/mol. The standard InChI is InChI=1S/C18H21BrN2O2/c1-18(2,3)23-17(22)21-10-6-9-15(21)16-13-8-5-4-7-12(13)14(19)11-20-16/h4-5,7-8,11,15H,6,9-10H2,1-3H3. The van der Waals surface area contributed by atoms with Crippen LogP contribution in [-0.2, 0) is 4.74 Å². The van der Waals surface area contributed by atoms with Gasteiger partial charge in [0.2, 0.25) is 0 Å². The lowest BCUT2D eigenvalue weighted by molar-refractivity contribution is 0.0222. The van der Waals surface area contributed by atoms with Crippen molar-refractivity contribution in [2.75, 3.05) is 6.54 Å². The molecule has 1 aliphatic rings. The van der Waals surface area contributed by atoms with Crippen molar-refractivity contribution in [2.24, 2.45) is 0 Å². The number of hydrogen-bond donors (Lipinski definition) is 0. The molecule has 1 fully saturated rings. The van der Waals surface area contributed by atoms with Gasteiger partial charge in [0, 0.05) is 22.6 Å². The maximum Gasteiger partial charge on any atom is 0.410 e. The van der Waals surface area contributed by atoms with Crippen LogP contribution in [0.5, 0.6) is 0 Å². The third-order valence-electron chi connectivity index (χ3n) is 3.97. The Bertz CT molecular complexity index is 739. The van der Waals surface area contributed by atoms with Gasteiger partial charge in [-0.25, -0.2) is 4.79 Å². The molecule has 2 aromatic rings. The fraction of sp³-hybridized carbons (Fsp3) is 0.444. The molecule has 1 aromatic heterocycles. The number of carbonyl (C=O) groups is 1. The van der Waals surface area contributed by atoms with Crippen LogP contribution in [0, 0.1) is 0 Å². The molecule has 23 heavy (non-hydrogen) atoms. The SMILES string of the molecule is CC(C)(C)OC(=O)N1CCCC1c1ncc(Br)c2ccccc12. The van der Waals surface area contributed by atoms with Crippen molar-refractivity contribution in [1.29, 1.82) is 0 Å². The van der Waals surface area contributed by atoms with E-state index >= 15 is 0 Å². The van der Waals surface area contributed by atoms with Crippen LogP contribution in [0.2, 0.25) is 0 Å². The Morgan fingerprint density at radius 1 is 1.30 bits per heavy atom. The first-order valence-electron chi connectivity index (χ1n) is 7.89. The first-order valence-corrected chi connectivity index (χ1v) is 8.69. The van der Waals surface area contributed by atoms with E-state index in [1.165, 1.54) is 0 Å². The number of nitrogens with zero attached hydrogens (tertiary/aromatic N) is 2. The van der Waals surface area contributed by atoms with Gasteiger partial charge in [0.25, 0.3) is 0 Å². The molecular weight excluding hydrogens is 356 g/mol. The van der Waals surface area contributed by atoms with Gasteiger partial charge < -0.3 is 4.74 Å². The lowest BCUT2D eigenvalue weighted by Gasteiger charge is -2.28. The average molecular weight is 377 g/mol. The zero-order valence-corrected chi connectivity index (χ0v) is 15.3.